The third-order valence-corrected chi connectivity index (χ3v) is 2.57. The second-order valence-corrected chi connectivity index (χ2v) is 3.59. The van der Waals surface area contributed by atoms with Gasteiger partial charge in [-0.3, -0.25) is 4.79 Å². The smallest absolute Gasteiger partial charge is 0.251 e. The predicted molar refractivity (Wildman–Crippen MR) is 55.7 cm³/mol. The fourth-order valence-corrected chi connectivity index (χ4v) is 1.67. The van der Waals surface area contributed by atoms with Crippen LogP contribution in [0.15, 0.2) is 30.3 Å². The van der Waals surface area contributed by atoms with Crippen LogP contribution in [-0.4, -0.2) is 23.0 Å². The Morgan fingerprint density at radius 1 is 1.43 bits per heavy atom. The molecule has 4 heteroatoms. The van der Waals surface area contributed by atoms with Crippen molar-refractivity contribution >= 4 is 18.5 Å². The van der Waals surface area contributed by atoms with Gasteiger partial charge in [0.2, 0.25) is 0 Å². The van der Waals surface area contributed by atoms with Crippen molar-refractivity contribution in [2.45, 2.75) is 12.1 Å². The standard InChI is InChI=1S/C10H11NO2S/c12-9-7-13-10(14)11(9)6-8-4-2-1-3-5-8/h1-5,10,14H,6-7H2. The summed E-state index contributed by atoms with van der Waals surface area (Å²) in [5.74, 6) is -0.00569. The van der Waals surface area contributed by atoms with Crippen LogP contribution < -0.4 is 0 Å². The molecule has 1 heterocycles. The van der Waals surface area contributed by atoms with Crippen LogP contribution in [0.25, 0.3) is 0 Å². The number of nitrogens with zero attached hydrogens (tertiary/aromatic N) is 1. The topological polar surface area (TPSA) is 29.5 Å². The second kappa shape index (κ2) is 4.02. The number of benzene rings is 1. The van der Waals surface area contributed by atoms with E-state index in [9.17, 15) is 4.79 Å². The lowest BCUT2D eigenvalue weighted by molar-refractivity contribution is -0.127. The predicted octanol–water partition coefficient (Wildman–Crippen LogP) is 1.26. The monoisotopic (exact) mass is 209 g/mol. The molecule has 1 atom stereocenters. The Kier molecular flexibility index (Phi) is 2.74. The maximum absolute atomic E-state index is 11.3. The van der Waals surface area contributed by atoms with E-state index in [-0.39, 0.29) is 12.5 Å². The van der Waals surface area contributed by atoms with Gasteiger partial charge in [0.25, 0.3) is 5.91 Å². The summed E-state index contributed by atoms with van der Waals surface area (Å²) in [6.45, 7) is 0.703. The molecule has 1 aliphatic heterocycles. The minimum absolute atomic E-state index is 0.00569. The molecule has 2 rings (SSSR count). The van der Waals surface area contributed by atoms with Crippen LogP contribution in [0.1, 0.15) is 5.56 Å². The number of ether oxygens (including phenoxy) is 1. The van der Waals surface area contributed by atoms with Crippen LogP contribution in [0.3, 0.4) is 0 Å². The first-order valence-electron chi connectivity index (χ1n) is 4.40. The van der Waals surface area contributed by atoms with E-state index < -0.39 is 5.56 Å². The van der Waals surface area contributed by atoms with Crippen molar-refractivity contribution in [2.75, 3.05) is 6.61 Å². The van der Waals surface area contributed by atoms with Crippen molar-refractivity contribution in [2.24, 2.45) is 0 Å². The van der Waals surface area contributed by atoms with Crippen LogP contribution in [0.2, 0.25) is 0 Å². The normalized spacial score (nSPS) is 21.6. The molecule has 3 nitrogen and oxygen atoms in total. The number of thiol groups is 1. The Bertz CT molecular complexity index is 328. The first kappa shape index (κ1) is 9.55. The molecule has 0 bridgehead atoms. The zero-order chi connectivity index (χ0) is 9.97. The number of carbonyl (C=O) groups excluding carboxylic acids is 1. The highest BCUT2D eigenvalue weighted by atomic mass is 32.1. The van der Waals surface area contributed by atoms with E-state index in [4.69, 9.17) is 4.74 Å². The van der Waals surface area contributed by atoms with E-state index in [1.807, 2.05) is 30.3 Å². The summed E-state index contributed by atoms with van der Waals surface area (Å²) in [6, 6.07) is 9.80. The molecule has 1 saturated heterocycles. The Morgan fingerprint density at radius 3 is 2.71 bits per heavy atom. The molecule has 0 spiro atoms. The van der Waals surface area contributed by atoms with E-state index in [0.29, 0.717) is 6.54 Å². The molecular formula is C10H11NO2S. The molecule has 1 unspecified atom stereocenters. The molecule has 0 saturated carbocycles. The van der Waals surface area contributed by atoms with Crippen LogP contribution in [-0.2, 0) is 16.1 Å². The fraction of sp³-hybridized carbons (Fsp3) is 0.300. The van der Waals surface area contributed by atoms with Gasteiger partial charge in [-0.25, -0.2) is 0 Å². The van der Waals surface area contributed by atoms with Crippen molar-refractivity contribution in [1.82, 2.24) is 4.90 Å². The molecular weight excluding hydrogens is 198 g/mol. The number of hydrogen-bond acceptors (Lipinski definition) is 3. The van der Waals surface area contributed by atoms with Gasteiger partial charge in [-0.15, -0.1) is 12.6 Å². The molecule has 0 aliphatic carbocycles. The average molecular weight is 209 g/mol. The van der Waals surface area contributed by atoms with Crippen LogP contribution in [0, 0.1) is 0 Å². The Hall–Kier alpha value is -1.00. The van der Waals surface area contributed by atoms with Gasteiger partial charge in [0.15, 0.2) is 5.56 Å². The van der Waals surface area contributed by atoms with Crippen LogP contribution >= 0.6 is 12.6 Å². The maximum atomic E-state index is 11.3. The molecule has 1 amide bonds. The molecule has 1 aromatic carbocycles. The summed E-state index contributed by atoms with van der Waals surface area (Å²) in [5.41, 5.74) is 0.688. The van der Waals surface area contributed by atoms with Crippen molar-refractivity contribution in [3.8, 4) is 0 Å². The summed E-state index contributed by atoms with van der Waals surface area (Å²) >= 11 is 4.16. The highest BCUT2D eigenvalue weighted by Crippen LogP contribution is 2.17. The number of amides is 1. The van der Waals surface area contributed by atoms with E-state index in [2.05, 4.69) is 12.6 Å². The molecule has 0 aromatic heterocycles. The Morgan fingerprint density at radius 2 is 2.14 bits per heavy atom. The molecule has 1 aliphatic rings. The molecule has 0 radical (unpaired) electrons. The molecule has 0 N–H and O–H groups in total. The quantitative estimate of drug-likeness (QED) is 0.743. The first-order chi connectivity index (χ1) is 6.77. The molecule has 1 fully saturated rings. The summed E-state index contributed by atoms with van der Waals surface area (Å²) in [7, 11) is 0. The third kappa shape index (κ3) is 1.91. The lowest BCUT2D eigenvalue weighted by Crippen LogP contribution is -2.29. The minimum atomic E-state index is -0.400. The van der Waals surface area contributed by atoms with E-state index in [0.717, 1.165) is 5.56 Å². The summed E-state index contributed by atoms with van der Waals surface area (Å²) < 4.78 is 5.09. The van der Waals surface area contributed by atoms with Gasteiger partial charge in [-0.2, -0.15) is 0 Å². The Labute approximate surface area is 88.1 Å². The van der Waals surface area contributed by atoms with Gasteiger partial charge in [-0.1, -0.05) is 30.3 Å². The molecule has 14 heavy (non-hydrogen) atoms. The lowest BCUT2D eigenvalue weighted by atomic mass is 10.2. The lowest BCUT2D eigenvalue weighted by Gasteiger charge is -2.18. The van der Waals surface area contributed by atoms with Crippen molar-refractivity contribution < 1.29 is 9.53 Å². The van der Waals surface area contributed by atoms with Crippen molar-refractivity contribution in [3.05, 3.63) is 35.9 Å². The van der Waals surface area contributed by atoms with Gasteiger partial charge in [0, 0.05) is 6.54 Å². The second-order valence-electron chi connectivity index (χ2n) is 3.14. The minimum Gasteiger partial charge on any atom is -0.339 e. The summed E-state index contributed by atoms with van der Waals surface area (Å²) in [6.07, 6.45) is 0. The van der Waals surface area contributed by atoms with Crippen LogP contribution in [0.4, 0.5) is 0 Å². The zero-order valence-electron chi connectivity index (χ0n) is 7.59. The van der Waals surface area contributed by atoms with Gasteiger partial charge >= 0.3 is 0 Å². The highest BCUT2D eigenvalue weighted by molar-refractivity contribution is 7.80. The van der Waals surface area contributed by atoms with Crippen molar-refractivity contribution in [1.29, 1.82) is 0 Å². The maximum Gasteiger partial charge on any atom is 0.251 e. The first-order valence-corrected chi connectivity index (χ1v) is 4.92. The SMILES string of the molecule is O=C1COC(S)N1Cc1ccccc1. The fourth-order valence-electron chi connectivity index (χ4n) is 1.39. The van der Waals surface area contributed by atoms with Crippen LogP contribution in [0.5, 0.6) is 0 Å². The van der Waals surface area contributed by atoms with E-state index in [1.54, 1.807) is 4.90 Å². The highest BCUT2D eigenvalue weighted by Gasteiger charge is 2.28. The average Bonchev–Trinajstić information content (AvgIpc) is 2.51. The van der Waals surface area contributed by atoms with Gasteiger partial charge in [0.05, 0.1) is 0 Å². The van der Waals surface area contributed by atoms with Gasteiger partial charge in [0.1, 0.15) is 6.61 Å². The summed E-state index contributed by atoms with van der Waals surface area (Å²) in [4.78, 5) is 13.0. The zero-order valence-corrected chi connectivity index (χ0v) is 8.48. The number of carbonyl (C=O) groups is 1. The van der Waals surface area contributed by atoms with E-state index in [1.165, 1.54) is 0 Å². The van der Waals surface area contributed by atoms with E-state index >= 15 is 0 Å². The van der Waals surface area contributed by atoms with Gasteiger partial charge in [-0.05, 0) is 5.56 Å². The third-order valence-electron chi connectivity index (χ3n) is 2.14. The van der Waals surface area contributed by atoms with Crippen molar-refractivity contribution in [3.63, 3.8) is 0 Å². The Balaban J connectivity index is 2.07. The van der Waals surface area contributed by atoms with Gasteiger partial charge < -0.3 is 9.64 Å². The molecule has 74 valence electrons. The number of rotatable bonds is 2. The largest absolute Gasteiger partial charge is 0.339 e. The molecule has 1 aromatic rings. The summed E-state index contributed by atoms with van der Waals surface area (Å²) in [5, 5.41) is 0. The number of hydrogen-bond donors (Lipinski definition) is 1.